The van der Waals surface area contributed by atoms with Gasteiger partial charge in [-0.25, -0.2) is 0 Å². The highest BCUT2D eigenvalue weighted by Gasteiger charge is 2.26. The Morgan fingerprint density at radius 1 is 0.962 bits per heavy atom. The topological polar surface area (TPSA) is 45.2 Å². The van der Waals surface area contributed by atoms with Crippen LogP contribution in [0.4, 0.5) is 0 Å². The number of phenolic OH excluding ortho intramolecular Hbond substituents is 1. The maximum atomic E-state index is 10.0. The lowest BCUT2D eigenvalue weighted by molar-refractivity contribution is 0.474. The Labute approximate surface area is 172 Å². The number of hydrogen-bond donors (Lipinski definition) is 2. The predicted octanol–water partition coefficient (Wildman–Crippen LogP) is 5.62. The van der Waals surface area contributed by atoms with Gasteiger partial charge in [-0.2, -0.15) is 0 Å². The van der Waals surface area contributed by atoms with Gasteiger partial charge in [-0.1, -0.05) is 35.4 Å². The number of phenols is 1. The van der Waals surface area contributed by atoms with E-state index in [1.807, 2.05) is 26.1 Å². The zero-order valence-corrected chi connectivity index (χ0v) is 18.4. The van der Waals surface area contributed by atoms with Crippen molar-refractivity contribution >= 4 is 37.4 Å². The van der Waals surface area contributed by atoms with Gasteiger partial charge in [-0.05, 0) is 84.0 Å². The number of fused-ring (bicyclic) bond motifs is 2. The van der Waals surface area contributed by atoms with Crippen LogP contribution in [0.3, 0.4) is 0 Å². The molecule has 1 aliphatic heterocycles. The second-order valence-corrected chi connectivity index (χ2v) is 8.12. The Kier molecular flexibility index (Phi) is 6.54. The first-order valence-electron chi connectivity index (χ1n) is 9.23. The van der Waals surface area contributed by atoms with Gasteiger partial charge >= 0.3 is 0 Å². The molecule has 0 bridgehead atoms. The van der Waals surface area contributed by atoms with Gasteiger partial charge in [-0.15, -0.1) is 0 Å². The average Bonchev–Trinajstić information content (AvgIpc) is 2.81. The summed E-state index contributed by atoms with van der Waals surface area (Å²) in [5, 5.41) is 13.5. The monoisotopic (exact) mass is 478 g/mol. The standard InChI is InChI=1S/C19H18Br2N2O.C2H6/c20-14-7-13-2-1-12-8-15(24)9-16(21)17(12)18(19(13)23-10-14)11-3-5-22-6-4-11;1-2/h7-10,22,24H,1-6H2;1-2H3. The van der Waals surface area contributed by atoms with E-state index in [2.05, 4.69) is 43.2 Å². The average molecular weight is 480 g/mol. The van der Waals surface area contributed by atoms with Crippen LogP contribution in [-0.4, -0.2) is 23.2 Å². The number of aromatic hydroxyl groups is 1. The number of aromatic nitrogens is 1. The lowest BCUT2D eigenvalue weighted by atomic mass is 9.89. The molecule has 0 unspecified atom stereocenters. The van der Waals surface area contributed by atoms with Crippen molar-refractivity contribution in [1.29, 1.82) is 0 Å². The zero-order chi connectivity index (χ0) is 18.7. The van der Waals surface area contributed by atoms with Crippen LogP contribution in [0.25, 0.3) is 5.57 Å². The second kappa shape index (κ2) is 8.68. The normalized spacial score (nSPS) is 16.2. The molecule has 1 aromatic carbocycles. The van der Waals surface area contributed by atoms with Gasteiger partial charge < -0.3 is 10.4 Å². The maximum Gasteiger partial charge on any atom is 0.117 e. The van der Waals surface area contributed by atoms with E-state index in [-0.39, 0.29) is 0 Å². The van der Waals surface area contributed by atoms with E-state index in [1.54, 1.807) is 6.07 Å². The smallest absolute Gasteiger partial charge is 0.117 e. The molecule has 0 spiro atoms. The minimum Gasteiger partial charge on any atom is -0.508 e. The van der Waals surface area contributed by atoms with Crippen LogP contribution in [-0.2, 0) is 12.8 Å². The number of nitrogens with zero attached hydrogens (tertiary/aromatic N) is 1. The molecule has 1 aromatic heterocycles. The summed E-state index contributed by atoms with van der Waals surface area (Å²) in [5.41, 5.74) is 7.49. The molecule has 0 amide bonds. The summed E-state index contributed by atoms with van der Waals surface area (Å²) < 4.78 is 1.97. The van der Waals surface area contributed by atoms with E-state index in [1.165, 1.54) is 27.8 Å². The highest BCUT2D eigenvalue weighted by Crippen LogP contribution is 2.42. The van der Waals surface area contributed by atoms with Gasteiger partial charge in [-0.3, -0.25) is 4.98 Å². The Bertz CT molecular complexity index is 838. The van der Waals surface area contributed by atoms with Gasteiger partial charge in [0.15, 0.2) is 0 Å². The predicted molar refractivity (Wildman–Crippen MR) is 115 cm³/mol. The van der Waals surface area contributed by atoms with Crippen LogP contribution in [0.15, 0.2) is 38.9 Å². The molecule has 2 aromatic rings. The third-order valence-electron chi connectivity index (χ3n) is 4.80. The van der Waals surface area contributed by atoms with Crippen molar-refractivity contribution in [1.82, 2.24) is 10.3 Å². The van der Waals surface area contributed by atoms with Gasteiger partial charge in [0.2, 0.25) is 0 Å². The zero-order valence-electron chi connectivity index (χ0n) is 15.2. The van der Waals surface area contributed by atoms with Crippen LogP contribution < -0.4 is 5.32 Å². The summed E-state index contributed by atoms with van der Waals surface area (Å²) in [5.74, 6) is 0.315. The number of piperidine rings is 1. The van der Waals surface area contributed by atoms with E-state index in [0.717, 1.165) is 53.4 Å². The molecule has 2 N–H and O–H groups in total. The Balaban J connectivity index is 0.000000948. The van der Waals surface area contributed by atoms with E-state index in [0.29, 0.717) is 5.75 Å². The van der Waals surface area contributed by atoms with E-state index < -0.39 is 0 Å². The third kappa shape index (κ3) is 3.90. The van der Waals surface area contributed by atoms with E-state index >= 15 is 0 Å². The van der Waals surface area contributed by atoms with E-state index in [4.69, 9.17) is 4.98 Å². The fourth-order valence-electron chi connectivity index (χ4n) is 3.73. The summed E-state index contributed by atoms with van der Waals surface area (Å²) in [4.78, 5) is 4.79. The molecule has 1 saturated heterocycles. The Morgan fingerprint density at radius 2 is 1.65 bits per heavy atom. The van der Waals surface area contributed by atoms with Crippen LogP contribution in [0.2, 0.25) is 0 Å². The summed E-state index contributed by atoms with van der Waals surface area (Å²) in [6.07, 6.45) is 5.81. The highest BCUT2D eigenvalue weighted by molar-refractivity contribution is 9.10. The molecule has 5 heteroatoms. The number of benzene rings is 1. The summed E-state index contributed by atoms with van der Waals surface area (Å²) in [7, 11) is 0. The third-order valence-corrected chi connectivity index (χ3v) is 5.86. The second-order valence-electron chi connectivity index (χ2n) is 6.35. The quantitative estimate of drug-likeness (QED) is 0.515. The fourth-order valence-corrected chi connectivity index (χ4v) is 4.80. The van der Waals surface area contributed by atoms with Gasteiger partial charge in [0.1, 0.15) is 5.75 Å². The van der Waals surface area contributed by atoms with Crippen molar-refractivity contribution in [3.63, 3.8) is 0 Å². The van der Waals surface area contributed by atoms with Gasteiger partial charge in [0.05, 0.1) is 5.69 Å². The van der Waals surface area contributed by atoms with Crippen molar-refractivity contribution in [2.75, 3.05) is 13.1 Å². The largest absolute Gasteiger partial charge is 0.508 e. The number of nitrogens with one attached hydrogen (secondary N) is 1. The molecule has 3 nitrogen and oxygen atoms in total. The molecule has 0 radical (unpaired) electrons. The van der Waals surface area contributed by atoms with Crippen LogP contribution in [0.1, 0.15) is 49.1 Å². The van der Waals surface area contributed by atoms with Gasteiger partial charge in [0.25, 0.3) is 0 Å². The summed E-state index contributed by atoms with van der Waals surface area (Å²) >= 11 is 7.25. The van der Waals surface area contributed by atoms with Gasteiger partial charge in [0, 0.05) is 26.3 Å². The Morgan fingerprint density at radius 3 is 2.38 bits per heavy atom. The molecule has 2 aliphatic rings. The minimum atomic E-state index is 0.315. The molecule has 1 fully saturated rings. The first kappa shape index (κ1) is 19.6. The van der Waals surface area contributed by atoms with Crippen molar-refractivity contribution in [3.8, 4) is 5.75 Å². The van der Waals surface area contributed by atoms with Crippen molar-refractivity contribution < 1.29 is 5.11 Å². The molecular weight excluding hydrogens is 456 g/mol. The molecule has 138 valence electrons. The maximum absolute atomic E-state index is 10.0. The lowest BCUT2D eigenvalue weighted by Gasteiger charge is -2.22. The SMILES string of the molecule is CC.Oc1cc(Br)c2c(c1)CCc1cc(Br)cnc1C2=C1CCNCC1. The molecule has 0 atom stereocenters. The summed E-state index contributed by atoms with van der Waals surface area (Å²) in [6, 6.07) is 5.89. The number of pyridine rings is 1. The first-order chi connectivity index (χ1) is 12.6. The molecule has 4 rings (SSSR count). The molecule has 2 heterocycles. The minimum absolute atomic E-state index is 0.315. The molecular formula is C21H24Br2N2O. The number of hydrogen-bond acceptors (Lipinski definition) is 3. The lowest BCUT2D eigenvalue weighted by Crippen LogP contribution is -2.24. The number of aryl methyl sites for hydroxylation is 2. The Hall–Kier alpha value is -1.17. The number of halogens is 2. The highest BCUT2D eigenvalue weighted by atomic mass is 79.9. The molecule has 1 aliphatic carbocycles. The van der Waals surface area contributed by atoms with Crippen molar-refractivity contribution in [2.24, 2.45) is 0 Å². The van der Waals surface area contributed by atoms with Crippen LogP contribution >= 0.6 is 31.9 Å². The van der Waals surface area contributed by atoms with Crippen molar-refractivity contribution in [2.45, 2.75) is 39.5 Å². The molecule has 26 heavy (non-hydrogen) atoms. The number of rotatable bonds is 0. The summed E-state index contributed by atoms with van der Waals surface area (Å²) in [6.45, 7) is 6.02. The van der Waals surface area contributed by atoms with Crippen molar-refractivity contribution in [3.05, 3.63) is 61.3 Å². The van der Waals surface area contributed by atoms with Crippen LogP contribution in [0, 0.1) is 0 Å². The first-order valence-corrected chi connectivity index (χ1v) is 10.8. The molecule has 0 saturated carbocycles. The van der Waals surface area contributed by atoms with Crippen LogP contribution in [0.5, 0.6) is 5.75 Å². The fraction of sp³-hybridized carbons (Fsp3) is 0.381. The van der Waals surface area contributed by atoms with E-state index in [9.17, 15) is 5.11 Å².